The second kappa shape index (κ2) is 16.7. The van der Waals surface area contributed by atoms with E-state index in [0.29, 0.717) is 91.4 Å². The van der Waals surface area contributed by atoms with Gasteiger partial charge in [-0.3, -0.25) is 0 Å². The highest BCUT2D eigenvalue weighted by molar-refractivity contribution is 5.70. The van der Waals surface area contributed by atoms with Crippen molar-refractivity contribution in [1.82, 2.24) is 0 Å². The molecule has 4 aliphatic rings. The molecule has 0 N–H and O–H groups in total. The second-order valence-corrected chi connectivity index (χ2v) is 16.6. The molecule has 0 radical (unpaired) electrons. The van der Waals surface area contributed by atoms with Crippen LogP contribution in [0.4, 0.5) is 0 Å². The molecule has 314 valence electrons. The van der Waals surface area contributed by atoms with E-state index in [0.717, 1.165) is 46.2 Å². The minimum absolute atomic E-state index is 0.121. The van der Waals surface area contributed by atoms with Gasteiger partial charge in [-0.2, -0.15) is 0 Å². The third kappa shape index (κ3) is 7.64. The summed E-state index contributed by atoms with van der Waals surface area (Å²) >= 11 is 0. The number of carbonyl (C=O) groups excluding carboxylic acids is 2. The van der Waals surface area contributed by atoms with Crippen LogP contribution in [-0.2, 0) is 35.3 Å². The maximum atomic E-state index is 12.9. The van der Waals surface area contributed by atoms with Crippen molar-refractivity contribution in [2.45, 2.75) is 83.5 Å². The molecule has 0 fully saturated rings. The molecule has 4 aromatic rings. The van der Waals surface area contributed by atoms with Crippen molar-refractivity contribution in [3.8, 4) is 46.0 Å². The lowest BCUT2D eigenvalue weighted by atomic mass is 9.84. The van der Waals surface area contributed by atoms with Gasteiger partial charge in [0.25, 0.3) is 0 Å². The number of nitrogens with zero attached hydrogens (tertiary/aromatic N) is 2. The summed E-state index contributed by atoms with van der Waals surface area (Å²) in [6.45, 7) is 6.99. The average Bonchev–Trinajstić information content (AvgIpc) is 3.23. The van der Waals surface area contributed by atoms with Crippen LogP contribution in [0, 0.1) is 0 Å². The van der Waals surface area contributed by atoms with E-state index in [1.807, 2.05) is 74.8 Å². The Morgan fingerprint density at radius 2 is 1.31 bits per heavy atom. The first-order valence-electron chi connectivity index (χ1n) is 20.6. The number of carboxylic acid groups (broad SMARTS) is 2. The van der Waals surface area contributed by atoms with Gasteiger partial charge in [0.05, 0.1) is 72.6 Å². The Hall–Kier alpha value is -5.46. The molecule has 0 aromatic heterocycles. The largest absolute Gasteiger partial charge is 0.544 e. The van der Waals surface area contributed by atoms with Crippen molar-refractivity contribution in [3.05, 3.63) is 94.0 Å². The fraction of sp³-hybridized carbons (Fsp3) is 0.447. The molecule has 0 amide bonds. The number of carbonyl (C=O) groups is 2. The molecule has 6 atom stereocenters. The van der Waals surface area contributed by atoms with Crippen molar-refractivity contribution in [2.75, 3.05) is 55.1 Å². The molecule has 12 nitrogen and oxygen atoms in total. The van der Waals surface area contributed by atoms with E-state index in [1.54, 1.807) is 35.2 Å². The van der Waals surface area contributed by atoms with E-state index in [4.69, 9.17) is 28.4 Å². The summed E-state index contributed by atoms with van der Waals surface area (Å²) in [7, 11) is 8.76. The summed E-state index contributed by atoms with van der Waals surface area (Å²) in [5.74, 6) is 1.65. The van der Waals surface area contributed by atoms with Crippen LogP contribution in [0.1, 0.15) is 79.1 Å². The number of ether oxygens (including phenoxy) is 6. The zero-order chi connectivity index (χ0) is 42.2. The van der Waals surface area contributed by atoms with E-state index in [-0.39, 0.29) is 15.0 Å². The molecular formula is C47H56N2O10. The van der Waals surface area contributed by atoms with Crippen LogP contribution in [0.3, 0.4) is 0 Å². The minimum atomic E-state index is -1.15. The molecule has 6 bridgehead atoms. The van der Waals surface area contributed by atoms with Crippen molar-refractivity contribution in [3.63, 3.8) is 0 Å². The highest BCUT2D eigenvalue weighted by atomic mass is 16.6. The lowest BCUT2D eigenvalue weighted by Crippen LogP contribution is -2.62. The van der Waals surface area contributed by atoms with Crippen LogP contribution < -0.4 is 38.6 Å². The maximum Gasteiger partial charge on any atom is 0.204 e. The Balaban J connectivity index is 1.55. The summed E-state index contributed by atoms with van der Waals surface area (Å²) in [6, 6.07) is 17.1. The lowest BCUT2D eigenvalue weighted by molar-refractivity contribution is -0.956. The molecule has 4 aromatic carbocycles. The smallest absolute Gasteiger partial charge is 0.204 e. The Bertz CT molecular complexity index is 2220. The fourth-order valence-corrected chi connectivity index (χ4v) is 9.34. The van der Waals surface area contributed by atoms with Gasteiger partial charge in [-0.1, -0.05) is 31.5 Å². The Morgan fingerprint density at radius 3 is 1.93 bits per heavy atom. The van der Waals surface area contributed by atoms with Crippen molar-refractivity contribution in [1.29, 1.82) is 0 Å². The molecule has 12 heteroatoms. The number of quaternary nitrogens is 2. The van der Waals surface area contributed by atoms with Gasteiger partial charge >= 0.3 is 0 Å². The summed E-state index contributed by atoms with van der Waals surface area (Å²) in [6.07, 6.45) is 3.75. The predicted molar refractivity (Wildman–Crippen MR) is 217 cm³/mol. The number of hydrogen-bond acceptors (Lipinski definition) is 10. The average molecular weight is 809 g/mol. The van der Waals surface area contributed by atoms with Gasteiger partial charge in [-0.05, 0) is 85.0 Å². The lowest BCUT2D eigenvalue weighted by Gasteiger charge is -2.50. The zero-order valence-corrected chi connectivity index (χ0v) is 35.4. The predicted octanol–water partition coefficient (Wildman–Crippen LogP) is 5.64. The highest BCUT2D eigenvalue weighted by Crippen LogP contribution is 2.54. The minimum Gasteiger partial charge on any atom is -0.544 e. The first kappa shape index (κ1) is 41.7. The molecule has 0 aliphatic carbocycles. The fourth-order valence-electron chi connectivity index (χ4n) is 9.34. The SMILES string of the molecule is CCCCOc1c(OC)cc2c3c1Oc1cc4c(cc1OC)CC[N+](C)(C(C)C(=O)[O-])C4Cc1ccc(cc1)Oc1cc(ccc1OC)CC3[N+](C)(C(C)C(=O)[O-])CC2. The van der Waals surface area contributed by atoms with Gasteiger partial charge in [0.15, 0.2) is 34.5 Å². The number of rotatable bonds is 11. The number of likely N-dealkylation sites (N-methyl/N-ethyl adjacent to an activating group) is 2. The molecule has 6 unspecified atom stereocenters. The molecule has 4 heterocycles. The van der Waals surface area contributed by atoms with E-state index in [9.17, 15) is 19.8 Å². The van der Waals surface area contributed by atoms with E-state index < -0.39 is 30.1 Å². The van der Waals surface area contributed by atoms with Gasteiger partial charge in [0, 0.05) is 31.2 Å². The highest BCUT2D eigenvalue weighted by Gasteiger charge is 2.48. The topological polar surface area (TPSA) is 136 Å². The molecule has 0 spiro atoms. The first-order valence-corrected chi connectivity index (χ1v) is 20.6. The molecular weight excluding hydrogens is 753 g/mol. The van der Waals surface area contributed by atoms with Crippen LogP contribution >= 0.6 is 0 Å². The number of carboxylic acids is 2. The number of hydrogen-bond donors (Lipinski definition) is 0. The molecule has 0 saturated carbocycles. The summed E-state index contributed by atoms with van der Waals surface area (Å²) in [5, 5.41) is 25.5. The van der Waals surface area contributed by atoms with Gasteiger partial charge < -0.3 is 57.2 Å². The van der Waals surface area contributed by atoms with Gasteiger partial charge in [0.1, 0.15) is 29.9 Å². The van der Waals surface area contributed by atoms with E-state index in [2.05, 4.69) is 6.92 Å². The molecule has 59 heavy (non-hydrogen) atoms. The molecule has 8 rings (SSSR count). The monoisotopic (exact) mass is 808 g/mol. The first-order chi connectivity index (χ1) is 28.3. The van der Waals surface area contributed by atoms with Gasteiger partial charge in [-0.25, -0.2) is 0 Å². The van der Waals surface area contributed by atoms with Crippen molar-refractivity contribution < 1.29 is 57.2 Å². The normalized spacial score (nSPS) is 22.9. The van der Waals surface area contributed by atoms with Crippen LogP contribution in [0.15, 0.2) is 60.7 Å². The van der Waals surface area contributed by atoms with Crippen LogP contribution in [0.25, 0.3) is 0 Å². The van der Waals surface area contributed by atoms with Crippen molar-refractivity contribution in [2.24, 2.45) is 0 Å². The van der Waals surface area contributed by atoms with E-state index >= 15 is 0 Å². The van der Waals surface area contributed by atoms with Crippen LogP contribution in [-0.4, -0.2) is 88.1 Å². The van der Waals surface area contributed by atoms with Crippen LogP contribution in [0.5, 0.6) is 46.0 Å². The second-order valence-electron chi connectivity index (χ2n) is 16.6. The zero-order valence-electron chi connectivity index (χ0n) is 35.4. The van der Waals surface area contributed by atoms with Gasteiger partial charge in [0.2, 0.25) is 5.75 Å². The Kier molecular flexibility index (Phi) is 11.8. The number of unbranched alkanes of at least 4 members (excludes halogenated alkanes) is 1. The third-order valence-electron chi connectivity index (χ3n) is 13.5. The Labute approximate surface area is 347 Å². The number of aliphatic carboxylic acids is 2. The summed E-state index contributed by atoms with van der Waals surface area (Å²) < 4.78 is 38.5. The standard InChI is InChI=1S/C47H56N2O10/c1-9-10-21-57-44-42(56-8)26-33-18-20-49(5,29(3)47(52)53)37-23-31-13-16-38(54-6)40(24-31)58-34-14-11-30(12-15-34)22-36-35-27-41(59-45(44)43(33)37)39(55-7)25-32(35)17-19-48(36,4)28(2)46(50)51/h11-16,24-29,36-37H,9-10,17-23H2,1-8H3. The summed E-state index contributed by atoms with van der Waals surface area (Å²) in [5.41, 5.74) is 5.63. The third-order valence-corrected chi connectivity index (χ3v) is 13.5. The molecule has 0 saturated heterocycles. The number of methoxy groups -OCH3 is 3. The van der Waals surface area contributed by atoms with E-state index in [1.165, 1.54) is 0 Å². The Morgan fingerprint density at radius 1 is 0.729 bits per heavy atom. The molecule has 4 aliphatic heterocycles. The quantitative estimate of drug-likeness (QED) is 0.139. The summed E-state index contributed by atoms with van der Waals surface area (Å²) in [4.78, 5) is 25.5. The van der Waals surface area contributed by atoms with Crippen LogP contribution in [0.2, 0.25) is 0 Å². The maximum absolute atomic E-state index is 12.9. The number of fused-ring (bicyclic) bond motifs is 2. The number of benzene rings is 4. The van der Waals surface area contributed by atoms with Gasteiger partial charge in [-0.15, -0.1) is 0 Å². The van der Waals surface area contributed by atoms with Crippen molar-refractivity contribution >= 4 is 11.9 Å².